The molecule has 2 atom stereocenters. The van der Waals surface area contributed by atoms with Gasteiger partial charge in [0.2, 0.25) is 5.78 Å². The number of furan rings is 1. The van der Waals surface area contributed by atoms with Crippen molar-refractivity contribution in [2.75, 3.05) is 6.61 Å². The lowest BCUT2D eigenvalue weighted by atomic mass is 9.99. The van der Waals surface area contributed by atoms with E-state index >= 15 is 0 Å². The highest BCUT2D eigenvalue weighted by Crippen LogP contribution is 2.28. The Morgan fingerprint density at radius 2 is 2.22 bits per heavy atom. The van der Waals surface area contributed by atoms with Crippen molar-refractivity contribution < 1.29 is 13.9 Å². The number of para-hydroxylation sites is 1. The molecule has 3 nitrogen and oxygen atoms in total. The first-order valence-corrected chi connectivity index (χ1v) is 6.30. The van der Waals surface area contributed by atoms with Gasteiger partial charge in [-0.2, -0.15) is 0 Å². The number of fused-ring (bicyclic) bond motifs is 1. The van der Waals surface area contributed by atoms with Crippen molar-refractivity contribution in [1.29, 1.82) is 0 Å². The van der Waals surface area contributed by atoms with Crippen molar-refractivity contribution in [3.63, 3.8) is 0 Å². The quantitative estimate of drug-likeness (QED) is 0.760. The van der Waals surface area contributed by atoms with E-state index in [0.717, 1.165) is 23.0 Å². The number of ether oxygens (including phenoxy) is 1. The maximum atomic E-state index is 12.3. The Kier molecular flexibility index (Phi) is 2.71. The number of rotatable bonds is 2. The fraction of sp³-hybridized carbons (Fsp3) is 0.400. The van der Waals surface area contributed by atoms with Crippen LogP contribution >= 0.6 is 0 Å². The van der Waals surface area contributed by atoms with Crippen LogP contribution in [0.4, 0.5) is 0 Å². The summed E-state index contributed by atoms with van der Waals surface area (Å²) in [5.74, 6) is 0.470. The summed E-state index contributed by atoms with van der Waals surface area (Å²) in [6, 6.07) is 7.77. The van der Waals surface area contributed by atoms with E-state index in [9.17, 15) is 4.79 Å². The van der Waals surface area contributed by atoms with Crippen LogP contribution in [0.1, 0.15) is 29.5 Å². The molecule has 0 bridgehead atoms. The fourth-order valence-corrected chi connectivity index (χ4v) is 2.53. The van der Waals surface area contributed by atoms with E-state index < -0.39 is 0 Å². The summed E-state index contributed by atoms with van der Waals surface area (Å²) in [5.41, 5.74) is 1.87. The van der Waals surface area contributed by atoms with E-state index in [0.29, 0.717) is 12.4 Å². The molecule has 1 aliphatic rings. The molecule has 2 unspecified atom stereocenters. The van der Waals surface area contributed by atoms with Crippen molar-refractivity contribution in [3.8, 4) is 0 Å². The second-order valence-corrected chi connectivity index (χ2v) is 5.04. The number of hydrogen-bond donors (Lipinski definition) is 0. The topological polar surface area (TPSA) is 39.4 Å². The van der Waals surface area contributed by atoms with E-state index in [-0.39, 0.29) is 17.8 Å². The number of ketones is 1. The number of aryl methyl sites for hydroxylation is 1. The summed E-state index contributed by atoms with van der Waals surface area (Å²) in [7, 11) is 0. The number of carbonyl (C=O) groups excluding carboxylic acids is 1. The lowest BCUT2D eigenvalue weighted by Crippen LogP contribution is -2.13. The zero-order chi connectivity index (χ0) is 12.7. The molecule has 1 aliphatic heterocycles. The molecule has 2 aromatic rings. The smallest absolute Gasteiger partial charge is 0.203 e. The van der Waals surface area contributed by atoms with E-state index in [4.69, 9.17) is 9.15 Å². The van der Waals surface area contributed by atoms with Crippen LogP contribution in [-0.2, 0) is 4.74 Å². The minimum absolute atomic E-state index is 0.0548. The predicted molar refractivity (Wildman–Crippen MR) is 68.8 cm³/mol. The van der Waals surface area contributed by atoms with Crippen LogP contribution in [0.5, 0.6) is 0 Å². The number of carbonyl (C=O) groups is 1. The van der Waals surface area contributed by atoms with Crippen molar-refractivity contribution in [1.82, 2.24) is 0 Å². The second kappa shape index (κ2) is 4.25. The van der Waals surface area contributed by atoms with Crippen LogP contribution in [0.2, 0.25) is 0 Å². The van der Waals surface area contributed by atoms with Gasteiger partial charge in [0, 0.05) is 5.39 Å². The van der Waals surface area contributed by atoms with E-state index in [2.05, 4.69) is 0 Å². The van der Waals surface area contributed by atoms with Crippen molar-refractivity contribution >= 4 is 16.8 Å². The summed E-state index contributed by atoms with van der Waals surface area (Å²) >= 11 is 0. The highest BCUT2D eigenvalue weighted by Gasteiger charge is 2.30. The Balaban J connectivity index is 1.95. The average Bonchev–Trinajstić information content (AvgIpc) is 2.95. The third kappa shape index (κ3) is 1.85. The SMILES string of the molecule is Cc1cccc2cc(C(=O)C3COC(C)C3)oc12. The second-order valence-electron chi connectivity index (χ2n) is 5.04. The molecule has 0 amide bonds. The van der Waals surface area contributed by atoms with Gasteiger partial charge in [-0.3, -0.25) is 4.79 Å². The minimum Gasteiger partial charge on any atom is -0.453 e. The molecule has 1 saturated heterocycles. The van der Waals surface area contributed by atoms with Crippen molar-refractivity contribution in [2.45, 2.75) is 26.4 Å². The van der Waals surface area contributed by atoms with Gasteiger partial charge in [0.05, 0.1) is 18.6 Å². The molecule has 0 saturated carbocycles. The van der Waals surface area contributed by atoms with Gasteiger partial charge >= 0.3 is 0 Å². The van der Waals surface area contributed by atoms with Gasteiger partial charge in [0.25, 0.3) is 0 Å². The lowest BCUT2D eigenvalue weighted by Gasteiger charge is -2.02. The van der Waals surface area contributed by atoms with Crippen LogP contribution in [0.25, 0.3) is 11.0 Å². The third-order valence-corrected chi connectivity index (χ3v) is 3.55. The molecule has 1 fully saturated rings. The molecule has 0 N–H and O–H groups in total. The zero-order valence-corrected chi connectivity index (χ0v) is 10.6. The molecule has 1 aromatic heterocycles. The van der Waals surface area contributed by atoms with Gasteiger partial charge in [-0.25, -0.2) is 0 Å². The van der Waals surface area contributed by atoms with Gasteiger partial charge < -0.3 is 9.15 Å². The Labute approximate surface area is 106 Å². The molecular formula is C15H16O3. The summed E-state index contributed by atoms with van der Waals surface area (Å²) in [4.78, 5) is 12.3. The van der Waals surface area contributed by atoms with Crippen molar-refractivity contribution in [3.05, 3.63) is 35.6 Å². The first-order chi connectivity index (χ1) is 8.65. The van der Waals surface area contributed by atoms with Crippen LogP contribution in [-0.4, -0.2) is 18.5 Å². The Bertz CT molecular complexity index is 597. The number of benzene rings is 1. The maximum absolute atomic E-state index is 12.3. The predicted octanol–water partition coefficient (Wildman–Crippen LogP) is 3.35. The van der Waals surface area contributed by atoms with Gasteiger partial charge in [0.1, 0.15) is 5.58 Å². The summed E-state index contributed by atoms with van der Waals surface area (Å²) < 4.78 is 11.1. The molecule has 3 rings (SSSR count). The molecule has 0 spiro atoms. The average molecular weight is 244 g/mol. The maximum Gasteiger partial charge on any atom is 0.203 e. The van der Waals surface area contributed by atoms with Crippen molar-refractivity contribution in [2.24, 2.45) is 5.92 Å². The standard InChI is InChI=1S/C15H16O3/c1-9-4-3-5-11-7-13(18-15(9)11)14(16)12-6-10(2)17-8-12/h3-5,7,10,12H,6,8H2,1-2H3. The molecule has 18 heavy (non-hydrogen) atoms. The van der Waals surface area contributed by atoms with Gasteiger partial charge in [0.15, 0.2) is 5.76 Å². The Morgan fingerprint density at radius 3 is 2.89 bits per heavy atom. The first-order valence-electron chi connectivity index (χ1n) is 6.30. The van der Waals surface area contributed by atoms with Crippen LogP contribution in [0.15, 0.2) is 28.7 Å². The number of Topliss-reactive ketones (excluding diaryl/α,β-unsaturated/α-hetero) is 1. The highest BCUT2D eigenvalue weighted by molar-refractivity contribution is 5.99. The summed E-state index contributed by atoms with van der Waals surface area (Å²) in [6.07, 6.45) is 0.958. The van der Waals surface area contributed by atoms with E-state index in [1.807, 2.05) is 38.1 Å². The molecule has 2 heterocycles. The molecule has 0 aliphatic carbocycles. The lowest BCUT2D eigenvalue weighted by molar-refractivity contribution is 0.0853. The third-order valence-electron chi connectivity index (χ3n) is 3.55. The summed E-state index contributed by atoms with van der Waals surface area (Å²) in [5, 5.41) is 0.991. The summed E-state index contributed by atoms with van der Waals surface area (Å²) in [6.45, 7) is 4.49. The molecular weight excluding hydrogens is 228 g/mol. The first kappa shape index (κ1) is 11.5. The van der Waals surface area contributed by atoms with Gasteiger partial charge in [-0.15, -0.1) is 0 Å². The monoisotopic (exact) mass is 244 g/mol. The molecule has 0 radical (unpaired) electrons. The Morgan fingerprint density at radius 1 is 1.39 bits per heavy atom. The van der Waals surface area contributed by atoms with Crippen LogP contribution < -0.4 is 0 Å². The Hall–Kier alpha value is -1.61. The molecule has 1 aromatic carbocycles. The normalized spacial score (nSPS) is 23.7. The van der Waals surface area contributed by atoms with Gasteiger partial charge in [-0.1, -0.05) is 18.2 Å². The molecule has 3 heteroatoms. The van der Waals surface area contributed by atoms with Crippen LogP contribution in [0.3, 0.4) is 0 Å². The fourth-order valence-electron chi connectivity index (χ4n) is 2.53. The highest BCUT2D eigenvalue weighted by atomic mass is 16.5. The zero-order valence-electron chi connectivity index (χ0n) is 10.6. The minimum atomic E-state index is -0.0548. The largest absolute Gasteiger partial charge is 0.453 e. The van der Waals surface area contributed by atoms with E-state index in [1.165, 1.54) is 0 Å². The number of hydrogen-bond acceptors (Lipinski definition) is 3. The van der Waals surface area contributed by atoms with E-state index in [1.54, 1.807) is 0 Å². The van der Waals surface area contributed by atoms with Gasteiger partial charge in [-0.05, 0) is 31.9 Å². The molecule has 94 valence electrons. The van der Waals surface area contributed by atoms with Crippen LogP contribution in [0, 0.1) is 12.8 Å².